The van der Waals surface area contributed by atoms with E-state index in [2.05, 4.69) is 36.7 Å². The molecular weight excluding hydrogens is 376 g/mol. The molecule has 0 aromatic rings. The third-order valence-corrected chi connectivity index (χ3v) is 4.22. The van der Waals surface area contributed by atoms with Crippen LogP contribution in [-0.2, 0) is 33.3 Å². The number of hydrogen-bond donors (Lipinski definition) is 0. The number of ether oxygens (including phenoxy) is 4. The molecule has 0 heterocycles. The van der Waals surface area contributed by atoms with E-state index in [0.717, 1.165) is 39.1 Å². The van der Waals surface area contributed by atoms with Gasteiger partial charge in [-0.05, 0) is 12.8 Å². The van der Waals surface area contributed by atoms with Crippen LogP contribution in [0.1, 0.15) is 45.4 Å². The van der Waals surface area contributed by atoms with Crippen LogP contribution in [0.2, 0.25) is 0 Å². The van der Waals surface area contributed by atoms with Crippen LogP contribution in [-0.4, -0.2) is 52.5 Å². The number of hydrogen-bond acceptors (Lipinski definition) is 7. The first-order valence-corrected chi connectivity index (χ1v) is 9.42. The summed E-state index contributed by atoms with van der Waals surface area (Å²) < 4.78 is 19.7. The molecule has 0 saturated carbocycles. The van der Waals surface area contributed by atoms with Gasteiger partial charge in [0.2, 0.25) is 0 Å². The molecule has 0 aliphatic carbocycles. The first-order valence-electron chi connectivity index (χ1n) is 9.42. The van der Waals surface area contributed by atoms with Crippen LogP contribution in [0.4, 0.5) is 0 Å². The molecule has 7 nitrogen and oxygen atoms in total. The lowest BCUT2D eigenvalue weighted by Crippen LogP contribution is -2.42. The molecule has 0 aliphatic heterocycles. The van der Waals surface area contributed by atoms with Crippen molar-refractivity contribution in [2.45, 2.75) is 45.4 Å². The lowest BCUT2D eigenvalue weighted by molar-refractivity contribution is -0.168. The smallest absolute Gasteiger partial charge is 0.333 e. The average Bonchev–Trinajstić information content (AvgIpc) is 2.73. The van der Waals surface area contributed by atoms with Crippen LogP contribution in [0, 0.1) is 17.3 Å². The monoisotopic (exact) mass is 408 g/mol. The van der Waals surface area contributed by atoms with Crippen molar-refractivity contribution in [3.05, 3.63) is 24.3 Å². The van der Waals surface area contributed by atoms with E-state index in [1.807, 2.05) is 0 Å². The third-order valence-electron chi connectivity index (χ3n) is 4.22. The highest BCUT2D eigenvalue weighted by molar-refractivity contribution is 6.02. The van der Waals surface area contributed by atoms with E-state index in [1.165, 1.54) is 7.11 Å². The molecule has 162 valence electrons. The highest BCUT2D eigenvalue weighted by atomic mass is 16.5. The predicted molar refractivity (Wildman–Crippen MR) is 109 cm³/mol. The first-order chi connectivity index (χ1) is 13.8. The number of carbonyl (C=O) groups excluding carboxylic acids is 3. The molecule has 0 fully saturated rings. The Morgan fingerprint density at radius 2 is 1.59 bits per heavy atom. The topological polar surface area (TPSA) is 88.1 Å². The quantitative estimate of drug-likeness (QED) is 0.0880. The second-order valence-electron chi connectivity index (χ2n) is 6.52. The minimum atomic E-state index is -1.79. The zero-order chi connectivity index (χ0) is 22.3. The molecule has 7 heteroatoms. The summed E-state index contributed by atoms with van der Waals surface area (Å²) in [6.07, 6.45) is 3.04. The van der Waals surface area contributed by atoms with Crippen LogP contribution in [0.15, 0.2) is 24.3 Å². The molecule has 0 N–H and O–H groups in total. The number of esters is 3. The minimum absolute atomic E-state index is 0.0565. The van der Waals surface area contributed by atoms with Gasteiger partial charge in [0.1, 0.15) is 0 Å². The van der Waals surface area contributed by atoms with E-state index in [1.54, 1.807) is 0 Å². The van der Waals surface area contributed by atoms with Gasteiger partial charge in [0.15, 0.2) is 5.41 Å². The van der Waals surface area contributed by atoms with Crippen molar-refractivity contribution in [2.24, 2.45) is 5.41 Å². The fourth-order valence-corrected chi connectivity index (χ4v) is 2.55. The van der Waals surface area contributed by atoms with E-state index in [-0.39, 0.29) is 18.4 Å². The summed E-state index contributed by atoms with van der Waals surface area (Å²) in [5.41, 5.74) is -0.813. The maximum atomic E-state index is 12.4. The van der Waals surface area contributed by atoms with Gasteiger partial charge in [-0.15, -0.1) is 11.8 Å². The Labute approximate surface area is 173 Å². The van der Waals surface area contributed by atoms with E-state index < -0.39 is 23.3 Å². The summed E-state index contributed by atoms with van der Waals surface area (Å²) in [5.74, 6) is 3.22. The lowest BCUT2D eigenvalue weighted by Gasteiger charge is -2.26. The minimum Gasteiger partial charge on any atom is -0.468 e. The molecule has 0 unspecified atom stereocenters. The molecule has 0 aromatic carbocycles. The molecule has 0 spiro atoms. The van der Waals surface area contributed by atoms with Crippen molar-refractivity contribution in [3.8, 4) is 11.8 Å². The van der Waals surface area contributed by atoms with Crippen LogP contribution in [0.3, 0.4) is 0 Å². The van der Waals surface area contributed by atoms with Crippen molar-refractivity contribution in [2.75, 3.05) is 34.5 Å². The molecular formula is C22H32O7. The van der Waals surface area contributed by atoms with Crippen molar-refractivity contribution >= 4 is 17.9 Å². The average molecular weight is 408 g/mol. The number of unbranched alkanes of at least 4 members (excludes halogenated alkanes) is 1. The van der Waals surface area contributed by atoms with Gasteiger partial charge in [0, 0.05) is 24.8 Å². The molecule has 0 amide bonds. The van der Waals surface area contributed by atoms with Gasteiger partial charge < -0.3 is 18.9 Å². The van der Waals surface area contributed by atoms with Crippen molar-refractivity contribution in [3.63, 3.8) is 0 Å². The van der Waals surface area contributed by atoms with Gasteiger partial charge in [-0.25, -0.2) is 4.79 Å². The van der Waals surface area contributed by atoms with E-state index in [4.69, 9.17) is 14.2 Å². The standard InChI is InChI=1S/C22H32O7/c1-7-8-12-17(2)16-29-14-11-9-10-13-22(20(24)27-5,21(25)28-6)15-18(3)19(23)26-4/h2-3,7-8,11-16H2,1,4-6H3. The fraction of sp³-hybridized carbons (Fsp3) is 0.591. The Morgan fingerprint density at radius 1 is 0.966 bits per heavy atom. The highest BCUT2D eigenvalue weighted by Gasteiger charge is 2.49. The first kappa shape index (κ1) is 26.4. The van der Waals surface area contributed by atoms with E-state index >= 15 is 0 Å². The summed E-state index contributed by atoms with van der Waals surface area (Å²) in [6, 6.07) is 0. The zero-order valence-electron chi connectivity index (χ0n) is 17.9. The summed E-state index contributed by atoms with van der Waals surface area (Å²) in [4.78, 5) is 36.5. The second-order valence-corrected chi connectivity index (χ2v) is 6.52. The molecule has 0 saturated heterocycles. The normalized spacial score (nSPS) is 10.3. The van der Waals surface area contributed by atoms with Crippen molar-refractivity contribution < 1.29 is 33.3 Å². The molecule has 0 rings (SSSR count). The highest BCUT2D eigenvalue weighted by Crippen LogP contribution is 2.33. The Kier molecular flexibility index (Phi) is 13.1. The zero-order valence-corrected chi connectivity index (χ0v) is 17.9. The predicted octanol–water partition coefficient (Wildman–Crippen LogP) is 2.98. The van der Waals surface area contributed by atoms with E-state index in [0.29, 0.717) is 19.6 Å². The van der Waals surface area contributed by atoms with Gasteiger partial charge in [0.05, 0.1) is 34.5 Å². The molecule has 0 aliphatic rings. The lowest BCUT2D eigenvalue weighted by atomic mass is 9.78. The number of methoxy groups -OCH3 is 3. The van der Waals surface area contributed by atoms with Gasteiger partial charge in [-0.1, -0.05) is 32.1 Å². The molecule has 0 atom stereocenters. The molecule has 29 heavy (non-hydrogen) atoms. The van der Waals surface area contributed by atoms with Gasteiger partial charge >= 0.3 is 17.9 Å². The largest absolute Gasteiger partial charge is 0.468 e. The summed E-state index contributed by atoms with van der Waals surface area (Å²) in [7, 11) is 3.48. The molecule has 0 aromatic heterocycles. The summed E-state index contributed by atoms with van der Waals surface area (Å²) in [5, 5.41) is 0. The van der Waals surface area contributed by atoms with E-state index in [9.17, 15) is 14.4 Å². The van der Waals surface area contributed by atoms with Crippen molar-refractivity contribution in [1.82, 2.24) is 0 Å². The Hall–Kier alpha value is -2.59. The van der Waals surface area contributed by atoms with Gasteiger partial charge in [-0.3, -0.25) is 9.59 Å². The number of carbonyl (C=O) groups is 3. The van der Waals surface area contributed by atoms with Crippen molar-refractivity contribution in [1.29, 1.82) is 0 Å². The SMILES string of the molecule is C=C(CCCC)COCCC#CCC(CC(=C)C(=O)OC)(C(=O)OC)C(=O)OC. The van der Waals surface area contributed by atoms with Crippen LogP contribution in [0.25, 0.3) is 0 Å². The van der Waals surface area contributed by atoms with Gasteiger partial charge in [0.25, 0.3) is 0 Å². The Bertz CT molecular complexity index is 636. The molecule has 0 bridgehead atoms. The van der Waals surface area contributed by atoms with Crippen LogP contribution >= 0.6 is 0 Å². The molecule has 0 radical (unpaired) electrons. The maximum Gasteiger partial charge on any atom is 0.333 e. The maximum absolute atomic E-state index is 12.4. The second kappa shape index (κ2) is 14.4. The van der Waals surface area contributed by atoms with Crippen LogP contribution < -0.4 is 0 Å². The summed E-state index contributed by atoms with van der Waals surface area (Å²) in [6.45, 7) is 10.5. The fourth-order valence-electron chi connectivity index (χ4n) is 2.55. The van der Waals surface area contributed by atoms with Gasteiger partial charge in [-0.2, -0.15) is 0 Å². The Balaban J connectivity index is 5.03. The Morgan fingerprint density at radius 3 is 2.10 bits per heavy atom. The third kappa shape index (κ3) is 8.97. The number of rotatable bonds is 13. The van der Waals surface area contributed by atoms with Crippen LogP contribution in [0.5, 0.6) is 0 Å². The summed E-state index contributed by atoms with van der Waals surface area (Å²) >= 11 is 0.